The SMILES string of the molecule is CN(C1CC1)C(C)(C)C(=O)NC(=O)CC(=N)C(C)(C)COC1CCCCO1. The second-order valence-electron chi connectivity index (χ2n) is 8.92. The van der Waals surface area contributed by atoms with Gasteiger partial charge in [-0.25, -0.2) is 0 Å². The van der Waals surface area contributed by atoms with Crippen molar-refractivity contribution < 1.29 is 19.1 Å². The molecule has 1 saturated carbocycles. The van der Waals surface area contributed by atoms with Crippen molar-refractivity contribution >= 4 is 17.5 Å². The average Bonchev–Trinajstić information content (AvgIpc) is 3.45. The molecule has 1 atom stereocenters. The van der Waals surface area contributed by atoms with Crippen LogP contribution in [-0.4, -0.2) is 60.6 Å². The van der Waals surface area contributed by atoms with Crippen LogP contribution in [0.4, 0.5) is 0 Å². The van der Waals surface area contributed by atoms with E-state index in [1.54, 1.807) is 0 Å². The molecule has 0 aromatic carbocycles. The van der Waals surface area contributed by atoms with Crippen molar-refractivity contribution in [2.75, 3.05) is 20.3 Å². The number of nitrogens with one attached hydrogen (secondary N) is 2. The van der Waals surface area contributed by atoms with E-state index in [1.807, 2.05) is 39.6 Å². The zero-order valence-corrected chi connectivity index (χ0v) is 17.4. The molecule has 1 heterocycles. The topological polar surface area (TPSA) is 91.7 Å². The third-order valence-corrected chi connectivity index (χ3v) is 5.71. The number of carbonyl (C=O) groups excluding carboxylic acids is 2. The molecule has 1 aliphatic heterocycles. The van der Waals surface area contributed by atoms with E-state index in [2.05, 4.69) is 5.32 Å². The normalized spacial score (nSPS) is 21.2. The van der Waals surface area contributed by atoms with E-state index >= 15 is 0 Å². The van der Waals surface area contributed by atoms with Gasteiger partial charge in [0, 0.05) is 23.8 Å². The molecule has 0 spiro atoms. The predicted molar refractivity (Wildman–Crippen MR) is 104 cm³/mol. The Labute approximate surface area is 162 Å². The molecule has 2 aliphatic rings. The molecule has 0 aromatic heterocycles. The van der Waals surface area contributed by atoms with Gasteiger partial charge in [-0.1, -0.05) is 13.8 Å². The first kappa shape index (κ1) is 22.0. The summed E-state index contributed by atoms with van der Waals surface area (Å²) >= 11 is 0. The van der Waals surface area contributed by atoms with E-state index in [0.717, 1.165) is 32.1 Å². The first-order valence-corrected chi connectivity index (χ1v) is 9.92. The van der Waals surface area contributed by atoms with Gasteiger partial charge in [-0.05, 0) is 53.0 Å². The second kappa shape index (κ2) is 8.80. The summed E-state index contributed by atoms with van der Waals surface area (Å²) in [6, 6.07) is 0.414. The highest BCUT2D eigenvalue weighted by molar-refractivity contribution is 6.08. The number of carbonyl (C=O) groups is 2. The number of amides is 2. The minimum absolute atomic E-state index is 0.114. The summed E-state index contributed by atoms with van der Waals surface area (Å²) in [5.41, 5.74) is -1.10. The van der Waals surface area contributed by atoms with Gasteiger partial charge < -0.3 is 14.9 Å². The number of ether oxygens (including phenoxy) is 2. The predicted octanol–water partition coefficient (Wildman–Crippen LogP) is 2.48. The van der Waals surface area contributed by atoms with Crippen molar-refractivity contribution in [3.63, 3.8) is 0 Å². The lowest BCUT2D eigenvalue weighted by molar-refractivity contribution is -0.171. The van der Waals surface area contributed by atoms with Crippen LogP contribution in [-0.2, 0) is 19.1 Å². The summed E-state index contributed by atoms with van der Waals surface area (Å²) in [5, 5.41) is 10.8. The van der Waals surface area contributed by atoms with E-state index in [-0.39, 0.29) is 24.3 Å². The summed E-state index contributed by atoms with van der Waals surface area (Å²) < 4.78 is 11.3. The lowest BCUT2D eigenvalue weighted by Gasteiger charge is -2.34. The molecule has 1 aliphatic carbocycles. The Hall–Kier alpha value is -1.31. The number of imide groups is 1. The van der Waals surface area contributed by atoms with Crippen LogP contribution in [0.2, 0.25) is 0 Å². The highest BCUT2D eigenvalue weighted by Gasteiger charge is 2.41. The van der Waals surface area contributed by atoms with Crippen LogP contribution in [0.15, 0.2) is 0 Å². The van der Waals surface area contributed by atoms with Gasteiger partial charge in [0.1, 0.15) is 0 Å². The molecule has 2 N–H and O–H groups in total. The molecule has 0 radical (unpaired) electrons. The Morgan fingerprint density at radius 2 is 1.85 bits per heavy atom. The maximum absolute atomic E-state index is 12.5. The Morgan fingerprint density at radius 3 is 2.41 bits per heavy atom. The quantitative estimate of drug-likeness (QED) is 0.599. The van der Waals surface area contributed by atoms with Gasteiger partial charge in [0.2, 0.25) is 11.8 Å². The smallest absolute Gasteiger partial charge is 0.246 e. The molecule has 154 valence electrons. The minimum atomic E-state index is -0.754. The third-order valence-electron chi connectivity index (χ3n) is 5.71. The van der Waals surface area contributed by atoms with Crippen LogP contribution in [0.5, 0.6) is 0 Å². The number of rotatable bonds is 9. The molecular formula is C20H35N3O4. The molecule has 27 heavy (non-hydrogen) atoms. The van der Waals surface area contributed by atoms with Crippen LogP contribution < -0.4 is 5.32 Å². The third kappa shape index (κ3) is 6.09. The van der Waals surface area contributed by atoms with Crippen LogP contribution >= 0.6 is 0 Å². The first-order chi connectivity index (χ1) is 12.5. The molecule has 7 nitrogen and oxygen atoms in total. The Morgan fingerprint density at radius 1 is 1.19 bits per heavy atom. The summed E-state index contributed by atoms with van der Waals surface area (Å²) in [5.74, 6) is -0.761. The molecule has 0 aromatic rings. The molecule has 2 fully saturated rings. The highest BCUT2D eigenvalue weighted by Crippen LogP contribution is 2.31. The molecule has 1 saturated heterocycles. The van der Waals surface area contributed by atoms with Crippen LogP contribution in [0.25, 0.3) is 0 Å². The fourth-order valence-electron chi connectivity index (χ4n) is 3.03. The fraction of sp³-hybridized carbons (Fsp3) is 0.850. The van der Waals surface area contributed by atoms with Crippen molar-refractivity contribution in [1.82, 2.24) is 10.2 Å². The molecule has 0 bridgehead atoms. The van der Waals surface area contributed by atoms with Crippen LogP contribution in [0, 0.1) is 10.8 Å². The second-order valence-corrected chi connectivity index (χ2v) is 8.92. The van der Waals surface area contributed by atoms with Gasteiger partial charge in [-0.15, -0.1) is 0 Å². The molecule has 7 heteroatoms. The first-order valence-electron chi connectivity index (χ1n) is 9.92. The monoisotopic (exact) mass is 381 g/mol. The van der Waals surface area contributed by atoms with E-state index in [4.69, 9.17) is 14.9 Å². The number of hydrogen-bond acceptors (Lipinski definition) is 6. The lowest BCUT2D eigenvalue weighted by atomic mass is 9.86. The van der Waals surface area contributed by atoms with Crippen molar-refractivity contribution in [3.05, 3.63) is 0 Å². The molecular weight excluding hydrogens is 346 g/mol. The average molecular weight is 382 g/mol. The number of likely N-dealkylation sites (N-methyl/N-ethyl adjacent to an activating group) is 1. The summed E-state index contributed by atoms with van der Waals surface area (Å²) in [7, 11) is 1.91. The van der Waals surface area contributed by atoms with E-state index in [1.165, 1.54) is 0 Å². The fourth-order valence-corrected chi connectivity index (χ4v) is 3.03. The van der Waals surface area contributed by atoms with Gasteiger partial charge in [-0.2, -0.15) is 0 Å². The van der Waals surface area contributed by atoms with Gasteiger partial charge in [0.15, 0.2) is 6.29 Å². The van der Waals surface area contributed by atoms with Crippen molar-refractivity contribution in [3.8, 4) is 0 Å². The van der Waals surface area contributed by atoms with Gasteiger partial charge in [0.05, 0.1) is 18.6 Å². The van der Waals surface area contributed by atoms with Crippen molar-refractivity contribution in [1.29, 1.82) is 5.41 Å². The van der Waals surface area contributed by atoms with Crippen molar-refractivity contribution in [2.24, 2.45) is 5.41 Å². The zero-order valence-electron chi connectivity index (χ0n) is 17.4. The standard InChI is InChI=1S/C20H35N3O4/c1-19(2,13-27-17-8-6-7-11-26-17)15(21)12-16(24)22-18(25)20(3,4)23(5)14-9-10-14/h14,17,21H,6-13H2,1-5H3,(H,22,24,25). The molecule has 2 amide bonds. The van der Waals surface area contributed by atoms with Gasteiger partial charge in [-0.3, -0.25) is 19.8 Å². The Kier molecular flexibility index (Phi) is 7.16. The summed E-state index contributed by atoms with van der Waals surface area (Å²) in [6.07, 6.45) is 4.84. The maximum atomic E-state index is 12.5. The van der Waals surface area contributed by atoms with Gasteiger partial charge in [0.25, 0.3) is 0 Å². The largest absolute Gasteiger partial charge is 0.353 e. The Balaban J connectivity index is 1.80. The van der Waals surface area contributed by atoms with E-state index in [0.29, 0.717) is 19.3 Å². The van der Waals surface area contributed by atoms with E-state index < -0.39 is 16.9 Å². The lowest BCUT2D eigenvalue weighted by Crippen LogP contribution is -2.55. The number of nitrogens with zero attached hydrogens (tertiary/aromatic N) is 1. The maximum Gasteiger partial charge on any atom is 0.246 e. The Bertz CT molecular complexity index is 564. The van der Waals surface area contributed by atoms with Crippen molar-refractivity contribution in [2.45, 2.75) is 84.1 Å². The zero-order chi connectivity index (χ0) is 20.2. The minimum Gasteiger partial charge on any atom is -0.353 e. The van der Waals surface area contributed by atoms with E-state index in [9.17, 15) is 9.59 Å². The summed E-state index contributed by atoms with van der Waals surface area (Å²) in [4.78, 5) is 26.9. The van der Waals surface area contributed by atoms with Gasteiger partial charge >= 0.3 is 0 Å². The molecule has 1 unspecified atom stereocenters. The van der Waals surface area contributed by atoms with Crippen LogP contribution in [0.1, 0.15) is 66.2 Å². The summed E-state index contributed by atoms with van der Waals surface area (Å²) in [6.45, 7) is 8.41. The van der Waals surface area contributed by atoms with Crippen LogP contribution in [0.3, 0.4) is 0 Å². The highest BCUT2D eigenvalue weighted by atomic mass is 16.7. The molecule has 2 rings (SSSR count). The number of hydrogen-bond donors (Lipinski definition) is 2.